The van der Waals surface area contributed by atoms with Gasteiger partial charge in [-0.05, 0) is 91.7 Å². The highest BCUT2D eigenvalue weighted by Gasteiger charge is 2.34. The number of imidazole rings is 1. The normalized spacial score (nSPS) is 16.6. The fourth-order valence-electron chi connectivity index (χ4n) is 7.67. The molecule has 9 rings (SSSR count). The lowest BCUT2D eigenvalue weighted by Crippen LogP contribution is -2.53. The number of nitrogens with zero attached hydrogens (tertiary/aromatic N) is 6. The van der Waals surface area contributed by atoms with Crippen LogP contribution in [0.15, 0.2) is 96.4 Å². The molecular weight excluding hydrogens is 703 g/mol. The van der Waals surface area contributed by atoms with E-state index in [9.17, 15) is 23.3 Å². The molecule has 0 spiro atoms. The molecule has 54 heavy (non-hydrogen) atoms. The highest BCUT2D eigenvalue weighted by molar-refractivity contribution is 7.90. The minimum absolute atomic E-state index is 0.0789. The van der Waals surface area contributed by atoms with E-state index < -0.39 is 17.1 Å². The number of amides is 1. The molecule has 12 nitrogen and oxygen atoms in total. The van der Waals surface area contributed by atoms with Crippen molar-refractivity contribution in [2.45, 2.75) is 50.1 Å². The number of aryl methyl sites for hydroxylation is 1. The second kappa shape index (κ2) is 13.2. The van der Waals surface area contributed by atoms with Crippen molar-refractivity contribution in [1.29, 1.82) is 0 Å². The molecule has 3 aliphatic rings. The summed E-state index contributed by atoms with van der Waals surface area (Å²) in [5.41, 5.74) is 5.91. The van der Waals surface area contributed by atoms with Gasteiger partial charge in [0.25, 0.3) is 15.9 Å². The van der Waals surface area contributed by atoms with Crippen LogP contribution in [0.5, 0.6) is 5.75 Å². The van der Waals surface area contributed by atoms with Crippen LogP contribution in [-0.2, 0) is 16.6 Å². The summed E-state index contributed by atoms with van der Waals surface area (Å²) in [5, 5.41) is 21.5. The molecule has 0 unspecified atom stereocenters. The minimum atomic E-state index is -4.18. The number of benzene rings is 3. The quantitative estimate of drug-likeness (QED) is 0.184. The van der Waals surface area contributed by atoms with Gasteiger partial charge < -0.3 is 29.1 Å². The average molecular weight is 743 g/mol. The van der Waals surface area contributed by atoms with Gasteiger partial charge in [0.1, 0.15) is 18.1 Å². The summed E-state index contributed by atoms with van der Waals surface area (Å²) in [6, 6.07) is 21.7. The van der Waals surface area contributed by atoms with Gasteiger partial charge in [-0.2, -0.15) is 0 Å². The van der Waals surface area contributed by atoms with Crippen LogP contribution in [0.3, 0.4) is 0 Å². The number of fused-ring (bicyclic) bond motifs is 2. The number of aliphatic hydroxyl groups excluding tert-OH is 1. The fraction of sp³-hybridized carbons (Fsp3) is 0.275. The molecule has 274 valence electrons. The molecule has 5 heterocycles. The summed E-state index contributed by atoms with van der Waals surface area (Å²) in [4.78, 5) is 27.1. The smallest absolute Gasteiger partial charge is 0.376 e. The number of ether oxygens (including phenoxy) is 1. The first-order valence-corrected chi connectivity index (χ1v) is 19.7. The Morgan fingerprint density at radius 2 is 1.76 bits per heavy atom. The van der Waals surface area contributed by atoms with E-state index in [1.54, 1.807) is 60.6 Å². The number of carbonyl (C=O) groups is 1. The Bertz CT molecular complexity index is 2540. The maximum Gasteiger partial charge on any atom is 0.376 e. The molecule has 1 saturated carbocycles. The molecule has 0 atom stereocenters. The molecule has 2 N–H and O–H groups in total. The van der Waals surface area contributed by atoms with Crippen molar-refractivity contribution in [1.82, 2.24) is 23.3 Å². The molecule has 1 aliphatic carbocycles. The maximum atomic E-state index is 14.6. The third-order valence-corrected chi connectivity index (χ3v) is 12.6. The summed E-state index contributed by atoms with van der Waals surface area (Å²) < 4.78 is 38.4. The van der Waals surface area contributed by atoms with Crippen molar-refractivity contribution < 1.29 is 28.1 Å². The van der Waals surface area contributed by atoms with Gasteiger partial charge in [-0.15, -0.1) is 0 Å². The molecule has 1 amide bonds. The monoisotopic (exact) mass is 742 g/mol. The van der Waals surface area contributed by atoms with Crippen LogP contribution < -0.4 is 9.64 Å². The number of aliphatic hydroxyl groups is 1. The van der Waals surface area contributed by atoms with Crippen molar-refractivity contribution in [2.75, 3.05) is 31.1 Å². The van der Waals surface area contributed by atoms with Crippen molar-refractivity contribution in [3.8, 4) is 28.3 Å². The van der Waals surface area contributed by atoms with E-state index in [1.807, 2.05) is 58.9 Å². The van der Waals surface area contributed by atoms with Crippen molar-refractivity contribution in [3.63, 3.8) is 0 Å². The maximum absolute atomic E-state index is 14.6. The van der Waals surface area contributed by atoms with E-state index >= 15 is 0 Å². The fourth-order valence-corrected chi connectivity index (χ4v) is 9.14. The third kappa shape index (κ3) is 5.81. The van der Waals surface area contributed by atoms with Crippen LogP contribution in [0.1, 0.15) is 51.8 Å². The lowest BCUT2D eigenvalue weighted by Gasteiger charge is -2.40. The zero-order chi connectivity index (χ0) is 37.3. The molecule has 14 heteroatoms. The zero-order valence-electron chi connectivity index (χ0n) is 30.0. The van der Waals surface area contributed by atoms with E-state index in [-0.39, 0.29) is 42.3 Å². The van der Waals surface area contributed by atoms with Gasteiger partial charge in [0.15, 0.2) is 5.65 Å². The molecule has 0 radical (unpaired) electrons. The Labute approximate surface area is 313 Å². The highest BCUT2D eigenvalue weighted by atomic mass is 32.2. The Hall–Kier alpha value is -5.28. The molecule has 3 aromatic carbocycles. The van der Waals surface area contributed by atoms with Crippen molar-refractivity contribution in [2.24, 2.45) is 0 Å². The first kappa shape index (κ1) is 34.5. The van der Waals surface area contributed by atoms with Crippen LogP contribution in [0.25, 0.3) is 33.5 Å². The molecule has 0 bridgehead atoms. The molecular formula is C40H39BN6O6S. The highest BCUT2D eigenvalue weighted by Crippen LogP contribution is 2.43. The van der Waals surface area contributed by atoms with E-state index in [0.717, 1.165) is 18.4 Å². The van der Waals surface area contributed by atoms with E-state index in [1.165, 1.54) is 9.54 Å². The van der Waals surface area contributed by atoms with Crippen LogP contribution in [0, 0.1) is 6.92 Å². The summed E-state index contributed by atoms with van der Waals surface area (Å²) in [7, 11) is -4.73. The molecule has 1 saturated heterocycles. The van der Waals surface area contributed by atoms with Gasteiger partial charge in [-0.1, -0.05) is 35.9 Å². The van der Waals surface area contributed by atoms with Gasteiger partial charge in [-0.3, -0.25) is 4.79 Å². The molecule has 3 aromatic heterocycles. The van der Waals surface area contributed by atoms with Crippen molar-refractivity contribution >= 4 is 39.7 Å². The predicted molar refractivity (Wildman–Crippen MR) is 206 cm³/mol. The molecule has 2 aliphatic heterocycles. The van der Waals surface area contributed by atoms with Crippen molar-refractivity contribution in [3.05, 3.63) is 114 Å². The van der Waals surface area contributed by atoms with Gasteiger partial charge >= 0.3 is 7.05 Å². The van der Waals surface area contributed by atoms with Gasteiger partial charge in [0.2, 0.25) is 0 Å². The number of anilines is 1. The van der Waals surface area contributed by atoms with E-state index in [4.69, 9.17) is 4.74 Å². The van der Waals surface area contributed by atoms with Crippen LogP contribution in [0.4, 0.5) is 5.69 Å². The van der Waals surface area contributed by atoms with Crippen LogP contribution in [-0.4, -0.2) is 81.1 Å². The Morgan fingerprint density at radius 3 is 2.50 bits per heavy atom. The standard InChI is InChI=1S/C40H39BN6O6S/c1-25-6-11-29(12-7-25)54(51,52)47-37(35-22-44(24-43-35)28-20-45(21-28)41(2)50)19-33-31(14-15-42-39(33)47)30-4-3-5-36(34(30)23-48)46-16-17-53-38-18-27(26-8-9-26)10-13-32(38)40(46)49/h3-7,10-15,18-19,22,24,26,28,48,50H,8-9,16-17,20-21,23H2,1-2H3. The molecule has 2 fully saturated rings. The number of carbonyl (C=O) groups excluding carboxylic acids is 1. The number of rotatable bonds is 9. The largest absolute Gasteiger partial charge is 0.491 e. The van der Waals surface area contributed by atoms with E-state index in [2.05, 4.69) is 9.97 Å². The Morgan fingerprint density at radius 1 is 0.963 bits per heavy atom. The second-order valence-electron chi connectivity index (χ2n) is 14.5. The Kier molecular flexibility index (Phi) is 8.45. The topological polar surface area (TPSA) is 143 Å². The van der Waals surface area contributed by atoms with Gasteiger partial charge in [0.05, 0.1) is 47.4 Å². The number of hydrogen-bond donors (Lipinski definition) is 2. The van der Waals surface area contributed by atoms with Crippen LogP contribution >= 0.6 is 0 Å². The SMILES string of the molecule is CB(O)N1CC(n2cnc(-c3cc4c(-c5cccc(N6CCOc7cc(C8CC8)ccc7C6=O)c5CO)ccnc4n3S(=O)(=O)c3ccc(C)cc3)c2)C1. The third-order valence-electron chi connectivity index (χ3n) is 10.9. The van der Waals surface area contributed by atoms with E-state index in [0.29, 0.717) is 69.5 Å². The first-order valence-electron chi connectivity index (χ1n) is 18.2. The Balaban J connectivity index is 1.17. The molecule has 6 aromatic rings. The summed E-state index contributed by atoms with van der Waals surface area (Å²) in [6.07, 6.45) is 7.37. The number of aromatic nitrogens is 4. The zero-order valence-corrected chi connectivity index (χ0v) is 30.8. The summed E-state index contributed by atoms with van der Waals surface area (Å²) in [6.45, 7) is 5.10. The predicted octanol–water partition coefficient (Wildman–Crippen LogP) is 5.49. The van der Waals surface area contributed by atoms with Gasteiger partial charge in [-0.25, -0.2) is 22.4 Å². The second-order valence-corrected chi connectivity index (χ2v) is 16.2. The lowest BCUT2D eigenvalue weighted by atomic mass is 9.80. The lowest BCUT2D eigenvalue weighted by molar-refractivity contribution is 0.0989. The average Bonchev–Trinajstić information content (AvgIpc) is 3.79. The minimum Gasteiger partial charge on any atom is -0.491 e. The first-order chi connectivity index (χ1) is 26.1. The summed E-state index contributed by atoms with van der Waals surface area (Å²) in [5.74, 6) is 0.881. The number of hydrogen-bond acceptors (Lipinski definition) is 9. The number of pyridine rings is 1. The van der Waals surface area contributed by atoms with Gasteiger partial charge in [0, 0.05) is 36.4 Å². The van der Waals surface area contributed by atoms with Crippen LogP contribution in [0.2, 0.25) is 6.82 Å². The summed E-state index contributed by atoms with van der Waals surface area (Å²) >= 11 is 0.